The number of benzene rings is 1. The van der Waals surface area contributed by atoms with Crippen LogP contribution in [0.25, 0.3) is 11.3 Å². The number of amides is 2. The molecular formula is C18H19N5O4. The summed E-state index contributed by atoms with van der Waals surface area (Å²) in [5.41, 5.74) is 1.49. The van der Waals surface area contributed by atoms with Crippen molar-refractivity contribution in [3.05, 3.63) is 48.6 Å². The van der Waals surface area contributed by atoms with Crippen molar-refractivity contribution in [2.45, 2.75) is 25.4 Å². The first kappa shape index (κ1) is 17.2. The quantitative estimate of drug-likeness (QED) is 0.686. The molecular weight excluding hydrogens is 350 g/mol. The van der Waals surface area contributed by atoms with Crippen LogP contribution in [0, 0.1) is 0 Å². The summed E-state index contributed by atoms with van der Waals surface area (Å²) in [5.74, 6) is 1.70. The molecule has 0 spiro atoms. The third-order valence-corrected chi connectivity index (χ3v) is 4.16. The molecule has 0 aliphatic carbocycles. The van der Waals surface area contributed by atoms with Crippen LogP contribution in [0.3, 0.4) is 0 Å². The Labute approximate surface area is 155 Å². The van der Waals surface area contributed by atoms with Gasteiger partial charge in [0.1, 0.15) is 6.10 Å². The second-order valence-corrected chi connectivity index (χ2v) is 6.13. The second-order valence-electron chi connectivity index (χ2n) is 6.13. The molecule has 140 valence electrons. The highest BCUT2D eigenvalue weighted by Crippen LogP contribution is 2.27. The van der Waals surface area contributed by atoms with Crippen molar-refractivity contribution in [1.82, 2.24) is 20.4 Å². The number of urea groups is 1. The van der Waals surface area contributed by atoms with E-state index in [1.807, 2.05) is 18.2 Å². The first-order valence-electron chi connectivity index (χ1n) is 8.76. The molecule has 4 rings (SSSR count). The lowest BCUT2D eigenvalue weighted by molar-refractivity contribution is 0.0835. The van der Waals surface area contributed by atoms with Crippen molar-refractivity contribution >= 4 is 11.7 Å². The molecule has 2 aromatic heterocycles. The largest absolute Gasteiger partial charge is 0.444 e. The lowest BCUT2D eigenvalue weighted by atomic mass is 10.1. The van der Waals surface area contributed by atoms with E-state index >= 15 is 0 Å². The van der Waals surface area contributed by atoms with E-state index < -0.39 is 0 Å². The maximum atomic E-state index is 12.1. The van der Waals surface area contributed by atoms with Gasteiger partial charge in [-0.15, -0.1) is 0 Å². The number of rotatable bonds is 6. The molecule has 27 heavy (non-hydrogen) atoms. The molecule has 1 fully saturated rings. The topological polar surface area (TPSA) is 115 Å². The first-order valence-corrected chi connectivity index (χ1v) is 8.76. The number of oxazole rings is 1. The third kappa shape index (κ3) is 4.32. The number of carbonyl (C=O) groups is 1. The molecule has 0 radical (unpaired) electrons. The van der Waals surface area contributed by atoms with Crippen molar-refractivity contribution in [3.8, 4) is 11.3 Å². The highest BCUT2D eigenvalue weighted by atomic mass is 16.5. The number of anilines is 1. The van der Waals surface area contributed by atoms with Gasteiger partial charge in [0, 0.05) is 30.8 Å². The summed E-state index contributed by atoms with van der Waals surface area (Å²) in [7, 11) is 0. The van der Waals surface area contributed by atoms with Crippen LogP contribution in [0.5, 0.6) is 0 Å². The number of carbonyl (C=O) groups excluding carboxylic acids is 1. The maximum absolute atomic E-state index is 12.1. The highest BCUT2D eigenvalue weighted by Gasteiger charge is 2.23. The van der Waals surface area contributed by atoms with Gasteiger partial charge in [0.15, 0.2) is 18.0 Å². The normalized spacial score (nSPS) is 16.4. The minimum absolute atomic E-state index is 0.0980. The molecule has 3 aromatic rings. The number of ether oxygens (including phenoxy) is 1. The molecule has 9 nitrogen and oxygen atoms in total. The summed E-state index contributed by atoms with van der Waals surface area (Å²) in [4.78, 5) is 20.3. The van der Waals surface area contributed by atoms with Crippen LogP contribution in [0.1, 0.15) is 30.7 Å². The molecule has 1 aromatic carbocycles. The Hall–Kier alpha value is -3.20. The average Bonchev–Trinajstić information content (AvgIpc) is 3.43. The fourth-order valence-electron chi connectivity index (χ4n) is 2.84. The number of hydrogen-bond donors (Lipinski definition) is 2. The fourth-order valence-corrected chi connectivity index (χ4v) is 2.84. The summed E-state index contributed by atoms with van der Waals surface area (Å²) < 4.78 is 16.0. The maximum Gasteiger partial charge on any atom is 0.319 e. The first-order chi connectivity index (χ1) is 13.3. The lowest BCUT2D eigenvalue weighted by Gasteiger charge is -2.07. The predicted octanol–water partition coefficient (Wildman–Crippen LogP) is 2.94. The van der Waals surface area contributed by atoms with E-state index in [1.165, 1.54) is 6.39 Å². The van der Waals surface area contributed by atoms with Gasteiger partial charge >= 0.3 is 6.03 Å². The lowest BCUT2D eigenvalue weighted by Crippen LogP contribution is -2.30. The molecule has 3 heterocycles. The molecule has 0 saturated carbocycles. The Morgan fingerprint density at radius 2 is 2.30 bits per heavy atom. The highest BCUT2D eigenvalue weighted by molar-refractivity contribution is 5.89. The van der Waals surface area contributed by atoms with Gasteiger partial charge in [-0.05, 0) is 25.0 Å². The molecule has 2 amide bonds. The van der Waals surface area contributed by atoms with Gasteiger partial charge in [0.25, 0.3) is 5.89 Å². The molecule has 0 unspecified atom stereocenters. The molecule has 2 N–H and O–H groups in total. The van der Waals surface area contributed by atoms with Gasteiger partial charge in [-0.1, -0.05) is 17.3 Å². The zero-order chi connectivity index (χ0) is 18.5. The smallest absolute Gasteiger partial charge is 0.319 e. The Morgan fingerprint density at radius 1 is 1.33 bits per heavy atom. The van der Waals surface area contributed by atoms with Crippen molar-refractivity contribution in [2.24, 2.45) is 0 Å². The molecule has 1 aliphatic heterocycles. The molecule has 1 saturated heterocycles. The van der Waals surface area contributed by atoms with Crippen molar-refractivity contribution in [3.63, 3.8) is 0 Å². The SMILES string of the molecule is O=C(NCCc1noc([C@H]2CCCO2)n1)Nc1cccc(-c2cnco2)c1. The molecule has 9 heteroatoms. The van der Waals surface area contributed by atoms with E-state index in [2.05, 4.69) is 25.8 Å². The van der Waals surface area contributed by atoms with Crippen LogP contribution in [-0.4, -0.2) is 34.3 Å². The Kier molecular flexibility index (Phi) is 5.10. The number of nitrogens with one attached hydrogen (secondary N) is 2. The van der Waals surface area contributed by atoms with Gasteiger partial charge < -0.3 is 24.3 Å². The summed E-state index contributed by atoms with van der Waals surface area (Å²) in [6, 6.07) is 7.01. The predicted molar refractivity (Wildman–Crippen MR) is 94.9 cm³/mol. The minimum Gasteiger partial charge on any atom is -0.444 e. The van der Waals surface area contributed by atoms with E-state index in [0.717, 1.165) is 25.0 Å². The molecule has 1 atom stereocenters. The zero-order valence-electron chi connectivity index (χ0n) is 14.6. The standard InChI is InChI=1S/C18H19N5O4/c24-18(21-13-4-1-3-12(9-13)15-10-19-11-26-15)20-7-6-16-22-17(27-23-16)14-5-2-8-25-14/h1,3-4,9-11,14H,2,5-8H2,(H2,20,21,24)/t14-/m1/s1. The fraction of sp³-hybridized carbons (Fsp3) is 0.333. The third-order valence-electron chi connectivity index (χ3n) is 4.16. The minimum atomic E-state index is -0.312. The average molecular weight is 369 g/mol. The van der Waals surface area contributed by atoms with E-state index in [9.17, 15) is 4.79 Å². The van der Waals surface area contributed by atoms with Gasteiger partial charge in [-0.3, -0.25) is 0 Å². The Morgan fingerprint density at radius 3 is 3.11 bits per heavy atom. The monoisotopic (exact) mass is 369 g/mol. The number of aromatic nitrogens is 3. The van der Waals surface area contributed by atoms with E-state index in [0.29, 0.717) is 36.1 Å². The summed E-state index contributed by atoms with van der Waals surface area (Å²) in [5, 5.41) is 9.49. The Bertz CT molecular complexity index is 887. The van der Waals surface area contributed by atoms with Crippen LogP contribution >= 0.6 is 0 Å². The summed E-state index contributed by atoms with van der Waals surface area (Å²) in [6.07, 6.45) is 5.26. The van der Waals surface area contributed by atoms with Crippen molar-refractivity contribution < 1.29 is 18.5 Å². The van der Waals surface area contributed by atoms with E-state index in [4.69, 9.17) is 13.7 Å². The summed E-state index contributed by atoms with van der Waals surface area (Å²) >= 11 is 0. The van der Waals surface area contributed by atoms with E-state index in [1.54, 1.807) is 12.3 Å². The van der Waals surface area contributed by atoms with Gasteiger partial charge in [-0.25, -0.2) is 9.78 Å². The van der Waals surface area contributed by atoms with Gasteiger partial charge in [0.2, 0.25) is 0 Å². The Balaban J connectivity index is 1.26. The number of hydrogen-bond acceptors (Lipinski definition) is 7. The molecule has 0 bridgehead atoms. The number of nitrogens with zero attached hydrogens (tertiary/aromatic N) is 3. The van der Waals surface area contributed by atoms with Crippen LogP contribution < -0.4 is 10.6 Å². The van der Waals surface area contributed by atoms with Gasteiger partial charge in [-0.2, -0.15) is 4.98 Å². The zero-order valence-corrected chi connectivity index (χ0v) is 14.6. The van der Waals surface area contributed by atoms with Crippen LogP contribution in [0.4, 0.5) is 10.5 Å². The second kappa shape index (κ2) is 8.00. The van der Waals surface area contributed by atoms with Crippen LogP contribution in [0.15, 0.2) is 45.8 Å². The van der Waals surface area contributed by atoms with Crippen molar-refractivity contribution in [2.75, 3.05) is 18.5 Å². The van der Waals surface area contributed by atoms with E-state index in [-0.39, 0.29) is 12.1 Å². The van der Waals surface area contributed by atoms with Crippen LogP contribution in [-0.2, 0) is 11.2 Å². The summed E-state index contributed by atoms with van der Waals surface area (Å²) in [6.45, 7) is 1.11. The van der Waals surface area contributed by atoms with Crippen molar-refractivity contribution in [1.29, 1.82) is 0 Å². The molecule has 1 aliphatic rings. The van der Waals surface area contributed by atoms with Crippen LogP contribution in [0.2, 0.25) is 0 Å². The van der Waals surface area contributed by atoms with Gasteiger partial charge in [0.05, 0.1) is 6.20 Å².